The summed E-state index contributed by atoms with van der Waals surface area (Å²) in [5.41, 5.74) is -0.963. The van der Waals surface area contributed by atoms with Crippen molar-refractivity contribution in [2.45, 2.75) is 0 Å². The molecule has 0 spiro atoms. The van der Waals surface area contributed by atoms with Crippen LogP contribution in [-0.2, 0) is 0 Å². The Morgan fingerprint density at radius 1 is 1.04 bits per heavy atom. The molecule has 3 rings (SSSR count). The molecule has 3 aromatic rings. The predicted octanol–water partition coefficient (Wildman–Crippen LogP) is 2.91. The van der Waals surface area contributed by atoms with Crippen LogP contribution >= 0.6 is 0 Å². The van der Waals surface area contributed by atoms with Crippen LogP contribution < -0.4 is 15.5 Å². The summed E-state index contributed by atoms with van der Waals surface area (Å²) in [6.45, 7) is 0. The Labute approximate surface area is 150 Å². The van der Waals surface area contributed by atoms with Crippen LogP contribution in [-0.4, -0.2) is 22.8 Å². The number of hydrogen-bond acceptors (Lipinski definition) is 4. The molecule has 1 aromatic heterocycles. The van der Waals surface area contributed by atoms with Crippen LogP contribution in [0.15, 0.2) is 53.3 Å². The largest absolute Gasteiger partial charge is 0.481 e. The van der Waals surface area contributed by atoms with Gasteiger partial charge in [0.05, 0.1) is 18.9 Å². The van der Waals surface area contributed by atoms with Gasteiger partial charge in [-0.2, -0.15) is 5.10 Å². The van der Waals surface area contributed by atoms with Gasteiger partial charge in [-0.3, -0.25) is 9.59 Å². The summed E-state index contributed by atoms with van der Waals surface area (Å²) in [6, 6.07) is 8.82. The average Bonchev–Trinajstić information content (AvgIpc) is 2.65. The van der Waals surface area contributed by atoms with Gasteiger partial charge in [0, 0.05) is 11.8 Å². The number of nitrogens with one attached hydrogen (secondary N) is 1. The van der Waals surface area contributed by atoms with E-state index in [1.54, 1.807) is 0 Å². The van der Waals surface area contributed by atoms with Crippen molar-refractivity contribution in [3.05, 3.63) is 81.9 Å². The summed E-state index contributed by atoms with van der Waals surface area (Å²) < 4.78 is 45.7. The van der Waals surface area contributed by atoms with Crippen LogP contribution in [0.3, 0.4) is 0 Å². The fraction of sp³-hybridized carbons (Fsp3) is 0.0556. The minimum Gasteiger partial charge on any atom is -0.481 e. The molecule has 6 nitrogen and oxygen atoms in total. The molecule has 27 heavy (non-hydrogen) atoms. The second-order valence-electron chi connectivity index (χ2n) is 5.37. The molecule has 0 fully saturated rings. The fourth-order valence-corrected chi connectivity index (χ4v) is 2.27. The monoisotopic (exact) mass is 375 g/mol. The molecule has 0 radical (unpaired) electrons. The molecule has 1 N–H and O–H groups in total. The molecule has 2 aromatic carbocycles. The van der Waals surface area contributed by atoms with E-state index in [9.17, 15) is 22.8 Å². The number of hydrogen-bond donors (Lipinski definition) is 1. The molecular weight excluding hydrogens is 363 g/mol. The molecule has 0 aliphatic carbocycles. The molecule has 0 saturated carbocycles. The molecule has 138 valence electrons. The number of rotatable bonds is 4. The second-order valence-corrected chi connectivity index (χ2v) is 5.37. The Morgan fingerprint density at radius 3 is 2.37 bits per heavy atom. The van der Waals surface area contributed by atoms with Crippen molar-refractivity contribution in [3.8, 4) is 11.6 Å². The number of halogens is 3. The van der Waals surface area contributed by atoms with E-state index in [4.69, 9.17) is 4.74 Å². The van der Waals surface area contributed by atoms with E-state index in [2.05, 4.69) is 10.4 Å². The Kier molecular flexibility index (Phi) is 4.93. The number of carbonyl (C=O) groups is 1. The van der Waals surface area contributed by atoms with Crippen molar-refractivity contribution in [3.63, 3.8) is 0 Å². The van der Waals surface area contributed by atoms with Crippen LogP contribution in [0.5, 0.6) is 5.88 Å². The highest BCUT2D eigenvalue weighted by Gasteiger charge is 2.18. The first-order valence-corrected chi connectivity index (χ1v) is 7.60. The summed E-state index contributed by atoms with van der Waals surface area (Å²) in [4.78, 5) is 24.5. The lowest BCUT2D eigenvalue weighted by atomic mass is 10.2. The van der Waals surface area contributed by atoms with Crippen molar-refractivity contribution in [1.29, 1.82) is 0 Å². The Balaban J connectivity index is 2.03. The third kappa shape index (κ3) is 3.81. The summed E-state index contributed by atoms with van der Waals surface area (Å²) >= 11 is 0. The van der Waals surface area contributed by atoms with Crippen molar-refractivity contribution in [2.24, 2.45) is 0 Å². The smallest absolute Gasteiger partial charge is 0.280 e. The normalized spacial score (nSPS) is 10.5. The topological polar surface area (TPSA) is 73.2 Å². The number of ether oxygens (including phenoxy) is 1. The molecule has 9 heteroatoms. The summed E-state index contributed by atoms with van der Waals surface area (Å²) in [6.07, 6.45) is 0. The van der Waals surface area contributed by atoms with Crippen molar-refractivity contribution < 1.29 is 22.7 Å². The molecule has 0 aliphatic rings. The third-order valence-electron chi connectivity index (χ3n) is 3.57. The van der Waals surface area contributed by atoms with Gasteiger partial charge in [0.15, 0.2) is 17.3 Å². The maximum atomic E-state index is 13.5. The van der Waals surface area contributed by atoms with Gasteiger partial charge < -0.3 is 10.1 Å². The lowest BCUT2D eigenvalue weighted by Gasteiger charge is -2.13. The minimum atomic E-state index is -1.13. The van der Waals surface area contributed by atoms with Crippen LogP contribution in [0, 0.1) is 17.5 Å². The number of anilines is 1. The maximum Gasteiger partial charge on any atom is 0.280 e. The number of carbonyl (C=O) groups excluding carboxylic acids is 1. The van der Waals surface area contributed by atoms with Crippen LogP contribution in [0.25, 0.3) is 5.69 Å². The van der Waals surface area contributed by atoms with Gasteiger partial charge in [-0.1, -0.05) is 0 Å². The third-order valence-corrected chi connectivity index (χ3v) is 3.57. The Bertz CT molecular complexity index is 1070. The van der Waals surface area contributed by atoms with Crippen molar-refractivity contribution >= 4 is 11.6 Å². The quantitative estimate of drug-likeness (QED) is 0.761. The Hall–Kier alpha value is -3.62. The summed E-state index contributed by atoms with van der Waals surface area (Å²) in [5.74, 6) is -3.62. The Morgan fingerprint density at radius 2 is 1.74 bits per heavy atom. The van der Waals surface area contributed by atoms with Gasteiger partial charge in [-0.05, 0) is 36.4 Å². The lowest BCUT2D eigenvalue weighted by molar-refractivity contribution is 0.101. The standard InChI is InChI=1S/C18H12F3N3O3/c1-27-16-9-15(25)17(18(26)22-11-4-2-10(19)3-5-11)23-24(16)12-6-7-13(20)14(21)8-12/h2-9H,1H3,(H,22,26). The van der Waals surface area contributed by atoms with Gasteiger partial charge in [-0.15, -0.1) is 0 Å². The van der Waals surface area contributed by atoms with Gasteiger partial charge in [0.1, 0.15) is 5.82 Å². The first kappa shape index (κ1) is 18.2. The highest BCUT2D eigenvalue weighted by Crippen LogP contribution is 2.18. The summed E-state index contributed by atoms with van der Waals surface area (Å²) in [7, 11) is 1.26. The fourth-order valence-electron chi connectivity index (χ4n) is 2.27. The lowest BCUT2D eigenvalue weighted by Crippen LogP contribution is -2.26. The molecule has 0 unspecified atom stereocenters. The first-order chi connectivity index (χ1) is 12.9. The second kappa shape index (κ2) is 7.32. The minimum absolute atomic E-state index is 0.0431. The van der Waals surface area contributed by atoms with E-state index in [-0.39, 0.29) is 17.3 Å². The van der Waals surface area contributed by atoms with Gasteiger partial charge >= 0.3 is 0 Å². The molecule has 0 saturated heterocycles. The van der Waals surface area contributed by atoms with E-state index in [0.717, 1.165) is 35.0 Å². The van der Waals surface area contributed by atoms with Crippen LogP contribution in [0.1, 0.15) is 10.5 Å². The number of aromatic nitrogens is 2. The number of benzene rings is 2. The van der Waals surface area contributed by atoms with Crippen molar-refractivity contribution in [2.75, 3.05) is 12.4 Å². The van der Waals surface area contributed by atoms with E-state index in [1.165, 1.54) is 25.3 Å². The molecule has 0 bridgehead atoms. The molecule has 0 aliphatic heterocycles. The highest BCUT2D eigenvalue weighted by molar-refractivity contribution is 6.02. The van der Waals surface area contributed by atoms with E-state index in [1.807, 2.05) is 0 Å². The average molecular weight is 375 g/mol. The van der Waals surface area contributed by atoms with E-state index < -0.39 is 34.5 Å². The zero-order valence-corrected chi connectivity index (χ0v) is 13.9. The number of nitrogens with zero attached hydrogens (tertiary/aromatic N) is 2. The van der Waals surface area contributed by atoms with Crippen LogP contribution in [0.2, 0.25) is 0 Å². The summed E-state index contributed by atoms with van der Waals surface area (Å²) in [5, 5.41) is 6.31. The van der Waals surface area contributed by atoms with E-state index in [0.29, 0.717) is 0 Å². The molecular formula is C18H12F3N3O3. The zero-order chi connectivity index (χ0) is 19.6. The zero-order valence-electron chi connectivity index (χ0n) is 13.9. The van der Waals surface area contributed by atoms with Gasteiger partial charge in [-0.25, -0.2) is 17.9 Å². The highest BCUT2D eigenvalue weighted by atomic mass is 19.2. The first-order valence-electron chi connectivity index (χ1n) is 7.60. The van der Waals surface area contributed by atoms with Gasteiger partial charge in [0.2, 0.25) is 11.3 Å². The predicted molar refractivity (Wildman–Crippen MR) is 90.7 cm³/mol. The van der Waals surface area contributed by atoms with Crippen LogP contribution in [0.4, 0.5) is 18.9 Å². The number of methoxy groups -OCH3 is 1. The van der Waals surface area contributed by atoms with Crippen molar-refractivity contribution in [1.82, 2.24) is 9.78 Å². The molecule has 1 heterocycles. The molecule has 1 amide bonds. The maximum absolute atomic E-state index is 13.5. The van der Waals surface area contributed by atoms with Gasteiger partial charge in [0.25, 0.3) is 5.91 Å². The SMILES string of the molecule is COc1cc(=O)c(C(=O)Nc2ccc(F)cc2)nn1-c1ccc(F)c(F)c1. The number of amides is 1. The van der Waals surface area contributed by atoms with E-state index >= 15 is 0 Å². The molecule has 0 atom stereocenters.